The molecule has 20 heavy (non-hydrogen) atoms. The maximum Gasteiger partial charge on any atom is 0.250 e. The summed E-state index contributed by atoms with van der Waals surface area (Å²) in [6.07, 6.45) is 1.65. The highest BCUT2D eigenvalue weighted by Gasteiger charge is 2.18. The summed E-state index contributed by atoms with van der Waals surface area (Å²) in [5, 5.41) is 0. The lowest BCUT2D eigenvalue weighted by molar-refractivity contribution is 0.548. The van der Waals surface area contributed by atoms with E-state index in [0.717, 1.165) is 17.7 Å². The minimum atomic E-state index is -3.37. The highest BCUT2D eigenvalue weighted by atomic mass is 32.2. The minimum absolute atomic E-state index is 0.0809. The summed E-state index contributed by atoms with van der Waals surface area (Å²) in [6, 6.07) is 13.5. The fourth-order valence-electron chi connectivity index (χ4n) is 1.97. The molecule has 1 N–H and O–H groups in total. The van der Waals surface area contributed by atoms with Crippen LogP contribution in [0.1, 0.15) is 23.8 Å². The molecule has 0 spiro atoms. The molecule has 0 aliphatic carbocycles. The molecule has 2 aromatic rings. The molecule has 0 radical (unpaired) electrons. The summed E-state index contributed by atoms with van der Waals surface area (Å²) in [4.78, 5) is 1.00. The van der Waals surface area contributed by atoms with Gasteiger partial charge in [-0.1, -0.05) is 30.3 Å². The molecule has 0 fully saturated rings. The number of benzene rings is 1. The zero-order valence-electron chi connectivity index (χ0n) is 11.7. The molecule has 5 heteroatoms. The van der Waals surface area contributed by atoms with Crippen LogP contribution in [-0.4, -0.2) is 14.5 Å². The molecular weight excluding hydrogens is 290 g/mol. The van der Waals surface area contributed by atoms with Crippen molar-refractivity contribution in [3.63, 3.8) is 0 Å². The average Bonchev–Trinajstić information content (AvgIpc) is 2.85. The Morgan fingerprint density at radius 1 is 1.15 bits per heavy atom. The third-order valence-corrected chi connectivity index (χ3v) is 6.13. The van der Waals surface area contributed by atoms with Crippen LogP contribution in [0.2, 0.25) is 0 Å². The van der Waals surface area contributed by atoms with E-state index < -0.39 is 10.0 Å². The molecule has 1 unspecified atom stereocenters. The number of rotatable bonds is 6. The maximum atomic E-state index is 12.2. The standard InChI is InChI=1S/C15H19NO2S2/c1-12(8-10-14-6-4-3-5-7-14)16-20(17,18)15-11-9-13(2)19-15/h3-7,9,11-12,16H,8,10H2,1-2H3. The summed E-state index contributed by atoms with van der Waals surface area (Å²) in [5.41, 5.74) is 1.23. The molecule has 1 aromatic carbocycles. The van der Waals surface area contributed by atoms with Crippen molar-refractivity contribution in [1.82, 2.24) is 4.72 Å². The summed E-state index contributed by atoms with van der Waals surface area (Å²) in [7, 11) is -3.37. The van der Waals surface area contributed by atoms with E-state index in [1.807, 2.05) is 38.1 Å². The lowest BCUT2D eigenvalue weighted by Crippen LogP contribution is -2.32. The first-order valence-electron chi connectivity index (χ1n) is 6.60. The summed E-state index contributed by atoms with van der Waals surface area (Å²) >= 11 is 1.30. The summed E-state index contributed by atoms with van der Waals surface area (Å²) < 4.78 is 27.5. The van der Waals surface area contributed by atoms with Crippen molar-refractivity contribution in [2.45, 2.75) is 36.9 Å². The normalized spacial score (nSPS) is 13.3. The second-order valence-electron chi connectivity index (χ2n) is 4.91. The van der Waals surface area contributed by atoms with Gasteiger partial charge in [0.15, 0.2) is 0 Å². The van der Waals surface area contributed by atoms with E-state index in [0.29, 0.717) is 4.21 Å². The minimum Gasteiger partial charge on any atom is -0.208 e. The molecule has 1 heterocycles. The maximum absolute atomic E-state index is 12.2. The SMILES string of the molecule is Cc1ccc(S(=O)(=O)NC(C)CCc2ccccc2)s1. The molecule has 108 valence electrons. The Morgan fingerprint density at radius 2 is 1.85 bits per heavy atom. The number of sulfonamides is 1. The van der Waals surface area contributed by atoms with E-state index in [-0.39, 0.29) is 6.04 Å². The van der Waals surface area contributed by atoms with Gasteiger partial charge < -0.3 is 0 Å². The van der Waals surface area contributed by atoms with Crippen LogP contribution >= 0.6 is 11.3 Å². The van der Waals surface area contributed by atoms with Crippen molar-refractivity contribution in [2.75, 3.05) is 0 Å². The fourth-order valence-corrected chi connectivity index (χ4v) is 4.54. The van der Waals surface area contributed by atoms with Crippen molar-refractivity contribution in [1.29, 1.82) is 0 Å². The Balaban J connectivity index is 1.92. The lowest BCUT2D eigenvalue weighted by atomic mass is 10.1. The van der Waals surface area contributed by atoms with Crippen LogP contribution < -0.4 is 4.72 Å². The predicted octanol–water partition coefficient (Wildman–Crippen LogP) is 3.36. The second kappa shape index (κ2) is 6.52. The van der Waals surface area contributed by atoms with Crippen LogP contribution in [0.4, 0.5) is 0 Å². The van der Waals surface area contributed by atoms with Crippen molar-refractivity contribution in [2.24, 2.45) is 0 Å². The van der Waals surface area contributed by atoms with E-state index in [1.165, 1.54) is 16.9 Å². The van der Waals surface area contributed by atoms with Crippen LogP contribution in [0.3, 0.4) is 0 Å². The molecule has 0 saturated carbocycles. The first kappa shape index (κ1) is 15.2. The van der Waals surface area contributed by atoms with Crippen molar-refractivity contribution < 1.29 is 8.42 Å². The third kappa shape index (κ3) is 4.16. The Hall–Kier alpha value is -1.17. The van der Waals surface area contributed by atoms with Gasteiger partial charge in [-0.05, 0) is 44.4 Å². The zero-order chi connectivity index (χ0) is 14.6. The lowest BCUT2D eigenvalue weighted by Gasteiger charge is -2.13. The van der Waals surface area contributed by atoms with Gasteiger partial charge >= 0.3 is 0 Å². The Labute approximate surface area is 124 Å². The predicted molar refractivity (Wildman–Crippen MR) is 83.6 cm³/mol. The van der Waals surface area contributed by atoms with Gasteiger partial charge in [-0.15, -0.1) is 11.3 Å². The molecule has 2 rings (SSSR count). The molecule has 0 bridgehead atoms. The summed E-state index contributed by atoms with van der Waals surface area (Å²) in [6.45, 7) is 3.81. The smallest absolute Gasteiger partial charge is 0.208 e. The van der Waals surface area contributed by atoms with Crippen molar-refractivity contribution in [3.8, 4) is 0 Å². The van der Waals surface area contributed by atoms with Gasteiger partial charge in [0.05, 0.1) is 0 Å². The Morgan fingerprint density at radius 3 is 2.45 bits per heavy atom. The molecule has 0 aliphatic rings. The summed E-state index contributed by atoms with van der Waals surface area (Å²) in [5.74, 6) is 0. The number of hydrogen-bond donors (Lipinski definition) is 1. The van der Waals surface area contributed by atoms with Gasteiger partial charge in [0, 0.05) is 10.9 Å². The molecule has 0 saturated heterocycles. The molecule has 3 nitrogen and oxygen atoms in total. The van der Waals surface area contributed by atoms with Gasteiger partial charge in [-0.2, -0.15) is 0 Å². The van der Waals surface area contributed by atoms with Gasteiger partial charge in [-0.25, -0.2) is 13.1 Å². The highest BCUT2D eigenvalue weighted by Crippen LogP contribution is 2.21. The van der Waals surface area contributed by atoms with Gasteiger partial charge in [0.2, 0.25) is 10.0 Å². The monoisotopic (exact) mass is 309 g/mol. The van der Waals surface area contributed by atoms with Gasteiger partial charge in [-0.3, -0.25) is 0 Å². The van der Waals surface area contributed by atoms with Crippen LogP contribution in [0, 0.1) is 6.92 Å². The highest BCUT2D eigenvalue weighted by molar-refractivity contribution is 7.91. The fraction of sp³-hybridized carbons (Fsp3) is 0.333. The van der Waals surface area contributed by atoms with Crippen LogP contribution in [0.25, 0.3) is 0 Å². The molecule has 0 amide bonds. The molecule has 1 aromatic heterocycles. The number of aryl methyl sites for hydroxylation is 2. The van der Waals surface area contributed by atoms with E-state index >= 15 is 0 Å². The van der Waals surface area contributed by atoms with Gasteiger partial charge in [0.1, 0.15) is 4.21 Å². The van der Waals surface area contributed by atoms with Crippen molar-refractivity contribution in [3.05, 3.63) is 52.9 Å². The van der Waals surface area contributed by atoms with Crippen LogP contribution in [0.15, 0.2) is 46.7 Å². The number of nitrogens with one attached hydrogen (secondary N) is 1. The van der Waals surface area contributed by atoms with Gasteiger partial charge in [0.25, 0.3) is 0 Å². The first-order chi connectivity index (χ1) is 9.47. The molecular formula is C15H19NO2S2. The Bertz CT molecular complexity index is 648. The number of thiophene rings is 1. The Kier molecular flexibility index (Phi) is 4.96. The molecule has 1 atom stereocenters. The largest absolute Gasteiger partial charge is 0.250 e. The van der Waals surface area contributed by atoms with Crippen LogP contribution in [-0.2, 0) is 16.4 Å². The third-order valence-electron chi connectivity index (χ3n) is 3.05. The van der Waals surface area contributed by atoms with E-state index in [9.17, 15) is 8.42 Å². The van der Waals surface area contributed by atoms with E-state index in [2.05, 4.69) is 16.9 Å². The molecule has 0 aliphatic heterocycles. The quantitative estimate of drug-likeness (QED) is 0.889. The second-order valence-corrected chi connectivity index (χ2v) is 8.14. The van der Waals surface area contributed by atoms with E-state index in [4.69, 9.17) is 0 Å². The first-order valence-corrected chi connectivity index (χ1v) is 8.90. The average molecular weight is 309 g/mol. The topological polar surface area (TPSA) is 46.2 Å². The number of hydrogen-bond acceptors (Lipinski definition) is 3. The van der Waals surface area contributed by atoms with E-state index in [1.54, 1.807) is 6.07 Å². The van der Waals surface area contributed by atoms with Crippen LogP contribution in [0.5, 0.6) is 0 Å². The van der Waals surface area contributed by atoms with Crippen molar-refractivity contribution >= 4 is 21.4 Å². The zero-order valence-corrected chi connectivity index (χ0v) is 13.3.